The highest BCUT2D eigenvalue weighted by Crippen LogP contribution is 2.31. The molecule has 2 heteroatoms. The summed E-state index contributed by atoms with van der Waals surface area (Å²) >= 11 is 0. The SMILES string of the molecule is Cc1ccc(OC2CC2)c([C@@H](C)N)c1. The van der Waals surface area contributed by atoms with Crippen LogP contribution in [0.5, 0.6) is 5.75 Å². The summed E-state index contributed by atoms with van der Waals surface area (Å²) in [7, 11) is 0. The third-order valence-corrected chi connectivity index (χ3v) is 2.47. The number of benzene rings is 1. The van der Waals surface area contributed by atoms with Gasteiger partial charge in [-0.1, -0.05) is 17.7 Å². The summed E-state index contributed by atoms with van der Waals surface area (Å²) in [6.07, 6.45) is 2.81. The van der Waals surface area contributed by atoms with Crippen LogP contribution < -0.4 is 10.5 Å². The molecular weight excluding hydrogens is 174 g/mol. The van der Waals surface area contributed by atoms with Gasteiger partial charge in [-0.05, 0) is 32.8 Å². The zero-order valence-corrected chi connectivity index (χ0v) is 8.79. The maximum atomic E-state index is 5.90. The molecule has 2 N–H and O–H groups in total. The largest absolute Gasteiger partial charge is 0.490 e. The lowest BCUT2D eigenvalue weighted by molar-refractivity contribution is 0.298. The van der Waals surface area contributed by atoms with E-state index < -0.39 is 0 Å². The minimum atomic E-state index is 0.0450. The molecular formula is C12H17NO. The van der Waals surface area contributed by atoms with Crippen molar-refractivity contribution in [3.05, 3.63) is 29.3 Å². The number of nitrogens with two attached hydrogens (primary N) is 1. The Labute approximate surface area is 85.1 Å². The third-order valence-electron chi connectivity index (χ3n) is 2.47. The summed E-state index contributed by atoms with van der Waals surface area (Å²) in [6, 6.07) is 6.27. The van der Waals surface area contributed by atoms with Gasteiger partial charge in [-0.15, -0.1) is 0 Å². The van der Waals surface area contributed by atoms with Crippen LogP contribution in [0, 0.1) is 6.92 Å². The summed E-state index contributed by atoms with van der Waals surface area (Å²) < 4.78 is 5.79. The van der Waals surface area contributed by atoms with Gasteiger partial charge in [-0.25, -0.2) is 0 Å². The first-order chi connectivity index (χ1) is 6.66. The van der Waals surface area contributed by atoms with Gasteiger partial charge >= 0.3 is 0 Å². The molecule has 0 bridgehead atoms. The van der Waals surface area contributed by atoms with E-state index in [0.29, 0.717) is 6.10 Å². The van der Waals surface area contributed by atoms with Crippen molar-refractivity contribution in [1.29, 1.82) is 0 Å². The second-order valence-corrected chi connectivity index (χ2v) is 4.15. The predicted octanol–water partition coefficient (Wildman–Crippen LogP) is 2.56. The van der Waals surface area contributed by atoms with E-state index in [2.05, 4.69) is 19.1 Å². The molecule has 1 aromatic rings. The van der Waals surface area contributed by atoms with E-state index in [-0.39, 0.29) is 6.04 Å². The molecule has 0 aromatic heterocycles. The standard InChI is InChI=1S/C12H17NO/c1-8-3-6-12(14-10-4-5-10)11(7-8)9(2)13/h3,6-7,9-10H,4-5,13H2,1-2H3/t9-/m1/s1. The molecule has 0 amide bonds. The Morgan fingerprint density at radius 3 is 2.71 bits per heavy atom. The van der Waals surface area contributed by atoms with Crippen molar-refractivity contribution in [3.63, 3.8) is 0 Å². The van der Waals surface area contributed by atoms with Gasteiger partial charge in [0, 0.05) is 11.6 Å². The van der Waals surface area contributed by atoms with E-state index in [1.807, 2.05) is 13.0 Å². The van der Waals surface area contributed by atoms with Gasteiger partial charge in [-0.2, -0.15) is 0 Å². The van der Waals surface area contributed by atoms with Gasteiger partial charge in [0.15, 0.2) is 0 Å². The van der Waals surface area contributed by atoms with Crippen LogP contribution in [0.4, 0.5) is 0 Å². The average Bonchev–Trinajstić information content (AvgIpc) is 2.91. The minimum Gasteiger partial charge on any atom is -0.490 e. The smallest absolute Gasteiger partial charge is 0.124 e. The van der Waals surface area contributed by atoms with E-state index in [1.165, 1.54) is 18.4 Å². The lowest BCUT2D eigenvalue weighted by Crippen LogP contribution is -2.09. The quantitative estimate of drug-likeness (QED) is 0.797. The summed E-state index contributed by atoms with van der Waals surface area (Å²) in [6.45, 7) is 4.07. The second-order valence-electron chi connectivity index (χ2n) is 4.15. The van der Waals surface area contributed by atoms with E-state index in [4.69, 9.17) is 10.5 Å². The summed E-state index contributed by atoms with van der Waals surface area (Å²) in [5, 5.41) is 0. The van der Waals surface area contributed by atoms with E-state index in [9.17, 15) is 0 Å². The number of aryl methyl sites for hydroxylation is 1. The molecule has 0 spiro atoms. The lowest BCUT2D eigenvalue weighted by atomic mass is 10.1. The summed E-state index contributed by atoms with van der Waals surface area (Å²) in [5.41, 5.74) is 8.26. The molecule has 0 unspecified atom stereocenters. The van der Waals surface area contributed by atoms with Crippen LogP contribution in [0.2, 0.25) is 0 Å². The normalized spacial score (nSPS) is 17.9. The molecule has 0 saturated heterocycles. The van der Waals surface area contributed by atoms with Crippen molar-refractivity contribution in [1.82, 2.24) is 0 Å². The lowest BCUT2D eigenvalue weighted by Gasteiger charge is -2.14. The molecule has 0 heterocycles. The number of hydrogen-bond acceptors (Lipinski definition) is 2. The second kappa shape index (κ2) is 3.62. The maximum Gasteiger partial charge on any atom is 0.124 e. The Kier molecular flexibility index (Phi) is 2.46. The van der Waals surface area contributed by atoms with Crippen LogP contribution >= 0.6 is 0 Å². The molecule has 2 rings (SSSR count). The molecule has 1 aliphatic rings. The number of ether oxygens (including phenoxy) is 1. The Bertz CT molecular complexity index is 329. The van der Waals surface area contributed by atoms with E-state index in [1.54, 1.807) is 0 Å². The van der Waals surface area contributed by atoms with Crippen LogP contribution in [0.1, 0.15) is 36.9 Å². The van der Waals surface area contributed by atoms with Crippen molar-refractivity contribution < 1.29 is 4.74 Å². The highest BCUT2D eigenvalue weighted by atomic mass is 16.5. The van der Waals surface area contributed by atoms with Crippen molar-refractivity contribution in [3.8, 4) is 5.75 Å². The van der Waals surface area contributed by atoms with Crippen LogP contribution in [0.25, 0.3) is 0 Å². The van der Waals surface area contributed by atoms with Crippen molar-refractivity contribution in [2.45, 2.75) is 38.8 Å². The van der Waals surface area contributed by atoms with Gasteiger partial charge in [0.1, 0.15) is 5.75 Å². The highest BCUT2D eigenvalue weighted by molar-refractivity contribution is 5.39. The van der Waals surface area contributed by atoms with Gasteiger partial charge in [0.2, 0.25) is 0 Å². The monoisotopic (exact) mass is 191 g/mol. The van der Waals surface area contributed by atoms with Crippen LogP contribution in [0.15, 0.2) is 18.2 Å². The topological polar surface area (TPSA) is 35.2 Å². The van der Waals surface area contributed by atoms with E-state index in [0.717, 1.165) is 11.3 Å². The molecule has 2 nitrogen and oxygen atoms in total. The highest BCUT2D eigenvalue weighted by Gasteiger charge is 2.24. The van der Waals surface area contributed by atoms with Gasteiger partial charge in [-0.3, -0.25) is 0 Å². The predicted molar refractivity (Wildman–Crippen MR) is 57.4 cm³/mol. The van der Waals surface area contributed by atoms with Crippen molar-refractivity contribution in [2.24, 2.45) is 5.73 Å². The molecule has 0 radical (unpaired) electrons. The van der Waals surface area contributed by atoms with Crippen LogP contribution in [-0.2, 0) is 0 Å². The van der Waals surface area contributed by atoms with Crippen molar-refractivity contribution in [2.75, 3.05) is 0 Å². The fourth-order valence-electron chi connectivity index (χ4n) is 1.50. The molecule has 0 aliphatic heterocycles. The molecule has 76 valence electrons. The Morgan fingerprint density at radius 1 is 1.43 bits per heavy atom. The fourth-order valence-corrected chi connectivity index (χ4v) is 1.50. The summed E-state index contributed by atoms with van der Waals surface area (Å²) in [4.78, 5) is 0. The number of rotatable bonds is 3. The third kappa shape index (κ3) is 2.07. The molecule has 14 heavy (non-hydrogen) atoms. The zero-order valence-electron chi connectivity index (χ0n) is 8.79. The van der Waals surface area contributed by atoms with E-state index >= 15 is 0 Å². The first kappa shape index (κ1) is 9.53. The Morgan fingerprint density at radius 2 is 2.14 bits per heavy atom. The van der Waals surface area contributed by atoms with Gasteiger partial charge < -0.3 is 10.5 Å². The molecule has 1 saturated carbocycles. The Balaban J connectivity index is 2.26. The van der Waals surface area contributed by atoms with Crippen LogP contribution in [0.3, 0.4) is 0 Å². The van der Waals surface area contributed by atoms with Gasteiger partial charge in [0.25, 0.3) is 0 Å². The molecule has 1 aliphatic carbocycles. The molecule has 1 atom stereocenters. The zero-order chi connectivity index (χ0) is 10.1. The molecule has 1 fully saturated rings. The minimum absolute atomic E-state index is 0.0450. The van der Waals surface area contributed by atoms with Crippen LogP contribution in [-0.4, -0.2) is 6.10 Å². The number of hydrogen-bond donors (Lipinski definition) is 1. The molecule has 1 aromatic carbocycles. The summed E-state index contributed by atoms with van der Waals surface area (Å²) in [5.74, 6) is 0.966. The Hall–Kier alpha value is -1.02. The van der Waals surface area contributed by atoms with Gasteiger partial charge in [0.05, 0.1) is 6.10 Å². The van der Waals surface area contributed by atoms with Crippen molar-refractivity contribution >= 4 is 0 Å². The first-order valence-corrected chi connectivity index (χ1v) is 5.19. The first-order valence-electron chi connectivity index (χ1n) is 5.19. The maximum absolute atomic E-state index is 5.90. The fraction of sp³-hybridized carbons (Fsp3) is 0.500. The average molecular weight is 191 g/mol.